The normalized spacial score (nSPS) is 19.4. The van der Waals surface area contributed by atoms with E-state index in [0.717, 1.165) is 6.54 Å². The minimum Gasteiger partial charge on any atom is -0.355 e. The van der Waals surface area contributed by atoms with Crippen LogP contribution in [0.15, 0.2) is 6.07 Å². The summed E-state index contributed by atoms with van der Waals surface area (Å²) in [5, 5.41) is 11.2. The van der Waals surface area contributed by atoms with Crippen LogP contribution in [0.3, 0.4) is 0 Å². The monoisotopic (exact) mass is 303 g/mol. The average molecular weight is 304 g/mol. The highest BCUT2D eigenvalue weighted by Crippen LogP contribution is 2.27. The van der Waals surface area contributed by atoms with Crippen LogP contribution in [0.25, 0.3) is 0 Å². The van der Waals surface area contributed by atoms with E-state index in [4.69, 9.17) is 23.2 Å². The molecular weight excluding hydrogens is 289 g/mol. The predicted octanol–water partition coefficient (Wildman–Crippen LogP) is 0.650. The summed E-state index contributed by atoms with van der Waals surface area (Å²) in [5.41, 5.74) is 0.642. The third-order valence-electron chi connectivity index (χ3n) is 2.98. The summed E-state index contributed by atoms with van der Waals surface area (Å²) in [5.74, 6) is 0.0104. The molecular formula is C11H15Cl2N5O. The van der Waals surface area contributed by atoms with E-state index in [1.807, 2.05) is 4.90 Å². The van der Waals surface area contributed by atoms with Crippen molar-refractivity contribution in [3.05, 3.63) is 16.4 Å². The Morgan fingerprint density at radius 3 is 2.89 bits per heavy atom. The summed E-state index contributed by atoms with van der Waals surface area (Å²) in [4.78, 5) is 15.7. The number of carbonyl (C=O) groups is 1. The maximum atomic E-state index is 12.2. The van der Waals surface area contributed by atoms with E-state index < -0.39 is 0 Å². The van der Waals surface area contributed by atoms with Crippen molar-refractivity contribution in [2.24, 2.45) is 0 Å². The van der Waals surface area contributed by atoms with Crippen LogP contribution in [0.5, 0.6) is 0 Å². The highest BCUT2D eigenvalue weighted by molar-refractivity contribution is 6.33. The Bertz CT molecular complexity index is 482. The lowest BCUT2D eigenvalue weighted by molar-refractivity contribution is -0.130. The summed E-state index contributed by atoms with van der Waals surface area (Å²) in [6.07, 6.45) is 0. The van der Waals surface area contributed by atoms with Gasteiger partial charge in [0.25, 0.3) is 0 Å². The van der Waals surface area contributed by atoms with Crippen LogP contribution in [0.1, 0.15) is 0 Å². The van der Waals surface area contributed by atoms with Gasteiger partial charge in [-0.2, -0.15) is 0 Å². The van der Waals surface area contributed by atoms with Crippen LogP contribution >= 0.6 is 23.2 Å². The van der Waals surface area contributed by atoms with Crippen LogP contribution in [0.2, 0.25) is 10.3 Å². The number of piperazine rings is 1. The largest absolute Gasteiger partial charge is 0.355 e. The van der Waals surface area contributed by atoms with Gasteiger partial charge in [-0.25, -0.2) is 0 Å². The fraction of sp³-hybridized carbons (Fsp3) is 0.545. The Hall–Kier alpha value is -1.11. The number of halogens is 2. The second kappa shape index (κ2) is 5.90. The van der Waals surface area contributed by atoms with Crippen molar-refractivity contribution in [2.75, 3.05) is 38.6 Å². The molecule has 1 atom stereocenters. The quantitative estimate of drug-likeness (QED) is 0.869. The molecule has 0 aliphatic carbocycles. The van der Waals surface area contributed by atoms with Crippen LogP contribution in [-0.4, -0.2) is 60.8 Å². The van der Waals surface area contributed by atoms with Gasteiger partial charge in [-0.3, -0.25) is 4.79 Å². The molecule has 1 aromatic heterocycles. The Morgan fingerprint density at radius 2 is 2.21 bits per heavy atom. The third kappa shape index (κ3) is 3.08. The Labute approximate surface area is 121 Å². The maximum absolute atomic E-state index is 12.2. The van der Waals surface area contributed by atoms with E-state index in [-0.39, 0.29) is 22.3 Å². The lowest BCUT2D eigenvalue weighted by atomic mass is 10.1. The molecule has 1 aliphatic heterocycles. The molecule has 0 aromatic carbocycles. The molecule has 1 saturated heterocycles. The molecule has 0 bridgehead atoms. The Morgan fingerprint density at radius 1 is 1.47 bits per heavy atom. The number of likely N-dealkylation sites (N-methyl/N-ethyl adjacent to an activating group) is 1. The van der Waals surface area contributed by atoms with Gasteiger partial charge in [0.15, 0.2) is 10.3 Å². The molecule has 2 rings (SSSR count). The summed E-state index contributed by atoms with van der Waals surface area (Å²) < 4.78 is 0. The van der Waals surface area contributed by atoms with Gasteiger partial charge in [-0.05, 0) is 0 Å². The topological polar surface area (TPSA) is 61.4 Å². The van der Waals surface area contributed by atoms with E-state index in [0.29, 0.717) is 18.8 Å². The molecule has 19 heavy (non-hydrogen) atoms. The van der Waals surface area contributed by atoms with Crippen LogP contribution in [0.4, 0.5) is 5.69 Å². The van der Waals surface area contributed by atoms with Crippen molar-refractivity contribution in [1.29, 1.82) is 0 Å². The minimum atomic E-state index is -0.318. The summed E-state index contributed by atoms with van der Waals surface area (Å²) in [6, 6.07) is 1.32. The smallest absolute Gasteiger partial charge is 0.246 e. The van der Waals surface area contributed by atoms with E-state index in [9.17, 15) is 4.79 Å². The first-order valence-corrected chi connectivity index (χ1v) is 6.63. The number of nitrogens with zero attached hydrogens (tertiary/aromatic N) is 4. The van der Waals surface area contributed by atoms with Crippen molar-refractivity contribution in [2.45, 2.75) is 6.04 Å². The van der Waals surface area contributed by atoms with Gasteiger partial charge in [0.05, 0.1) is 5.69 Å². The van der Waals surface area contributed by atoms with Crippen LogP contribution < -0.4 is 10.2 Å². The Kier molecular flexibility index (Phi) is 4.44. The molecule has 104 valence electrons. The van der Waals surface area contributed by atoms with Crippen molar-refractivity contribution < 1.29 is 4.79 Å². The average Bonchev–Trinajstić information content (AvgIpc) is 2.40. The summed E-state index contributed by atoms with van der Waals surface area (Å²) >= 11 is 11.9. The second-order valence-corrected chi connectivity index (χ2v) is 5.23. The molecule has 1 aliphatic rings. The zero-order valence-corrected chi connectivity index (χ0v) is 12.2. The van der Waals surface area contributed by atoms with Crippen molar-refractivity contribution in [3.8, 4) is 0 Å². The SMILES string of the molecule is CN(C)C(=O)C1CNCCN1c1cc(Cl)nnc1Cl. The highest BCUT2D eigenvalue weighted by Gasteiger charge is 2.31. The van der Waals surface area contributed by atoms with Crippen molar-refractivity contribution in [3.63, 3.8) is 0 Å². The molecule has 1 N–H and O–H groups in total. The summed E-state index contributed by atoms with van der Waals surface area (Å²) in [6.45, 7) is 1.99. The van der Waals surface area contributed by atoms with Gasteiger partial charge in [0.2, 0.25) is 5.91 Å². The summed E-state index contributed by atoms with van der Waals surface area (Å²) in [7, 11) is 3.46. The molecule has 1 unspecified atom stereocenters. The lowest BCUT2D eigenvalue weighted by Crippen LogP contribution is -2.58. The predicted molar refractivity (Wildman–Crippen MR) is 74.7 cm³/mol. The number of rotatable bonds is 2. The van der Waals surface area contributed by atoms with E-state index in [1.54, 1.807) is 25.1 Å². The number of aromatic nitrogens is 2. The third-order valence-corrected chi connectivity index (χ3v) is 3.43. The molecule has 1 amide bonds. The first-order valence-electron chi connectivity index (χ1n) is 5.88. The number of hydrogen-bond acceptors (Lipinski definition) is 5. The first kappa shape index (κ1) is 14.3. The second-order valence-electron chi connectivity index (χ2n) is 4.49. The van der Waals surface area contributed by atoms with Gasteiger partial charge >= 0.3 is 0 Å². The number of amides is 1. The number of carbonyl (C=O) groups excluding carboxylic acids is 1. The van der Waals surface area contributed by atoms with Gasteiger partial charge in [-0.15, -0.1) is 10.2 Å². The van der Waals surface area contributed by atoms with Crippen LogP contribution in [-0.2, 0) is 4.79 Å². The standard InChI is InChI=1S/C11H15Cl2N5O/c1-17(2)11(19)8-6-14-3-4-18(8)7-5-9(12)15-16-10(7)13/h5,8,14H,3-4,6H2,1-2H3. The zero-order valence-electron chi connectivity index (χ0n) is 10.7. The maximum Gasteiger partial charge on any atom is 0.246 e. The zero-order chi connectivity index (χ0) is 14.0. The van der Waals surface area contributed by atoms with E-state index in [2.05, 4.69) is 15.5 Å². The van der Waals surface area contributed by atoms with Gasteiger partial charge in [0, 0.05) is 39.8 Å². The molecule has 0 spiro atoms. The first-order chi connectivity index (χ1) is 9.00. The number of nitrogens with one attached hydrogen (secondary N) is 1. The van der Waals surface area contributed by atoms with Crippen LogP contribution in [0, 0.1) is 0 Å². The molecule has 8 heteroatoms. The molecule has 0 radical (unpaired) electrons. The number of anilines is 1. The van der Waals surface area contributed by atoms with Gasteiger partial charge in [-0.1, -0.05) is 23.2 Å². The van der Waals surface area contributed by atoms with E-state index >= 15 is 0 Å². The minimum absolute atomic E-state index is 0.0104. The van der Waals surface area contributed by atoms with Crippen molar-refractivity contribution >= 4 is 34.8 Å². The van der Waals surface area contributed by atoms with E-state index in [1.165, 1.54) is 0 Å². The Balaban J connectivity index is 2.34. The van der Waals surface area contributed by atoms with Gasteiger partial charge in [0.1, 0.15) is 6.04 Å². The fourth-order valence-corrected chi connectivity index (χ4v) is 2.40. The van der Waals surface area contributed by atoms with Gasteiger partial charge < -0.3 is 15.1 Å². The van der Waals surface area contributed by atoms with Crippen molar-refractivity contribution in [1.82, 2.24) is 20.4 Å². The molecule has 2 heterocycles. The lowest BCUT2D eigenvalue weighted by Gasteiger charge is -2.38. The molecule has 1 fully saturated rings. The molecule has 6 nitrogen and oxygen atoms in total. The molecule has 1 aromatic rings. The fourth-order valence-electron chi connectivity index (χ4n) is 2.06. The number of hydrogen-bond donors (Lipinski definition) is 1. The molecule has 0 saturated carbocycles. The highest BCUT2D eigenvalue weighted by atomic mass is 35.5.